The Balaban J connectivity index is 3.17. The third-order valence-electron chi connectivity index (χ3n) is 5.77. The summed E-state index contributed by atoms with van der Waals surface area (Å²) in [5, 5.41) is 21.3. The van der Waals surface area contributed by atoms with Gasteiger partial charge in [0.25, 0.3) is 6.09 Å². The van der Waals surface area contributed by atoms with Crippen LogP contribution >= 0.6 is 0 Å². The molecule has 1 rings (SSSR count). The van der Waals surface area contributed by atoms with Crippen LogP contribution in [0.2, 0.25) is 18.1 Å². The van der Waals surface area contributed by atoms with Crippen molar-refractivity contribution in [3.05, 3.63) is 0 Å². The Morgan fingerprint density at radius 3 is 2.17 bits per heavy atom. The molecule has 0 saturated carbocycles. The second-order valence-electron chi connectivity index (χ2n) is 9.24. The molecule has 6 heteroatoms. The van der Waals surface area contributed by atoms with Gasteiger partial charge < -0.3 is 14.3 Å². The van der Waals surface area contributed by atoms with E-state index in [2.05, 4.69) is 39.9 Å². The lowest BCUT2D eigenvalue weighted by Crippen LogP contribution is -2.70. The van der Waals surface area contributed by atoms with Gasteiger partial charge in [0.1, 0.15) is 18.7 Å². The summed E-state index contributed by atoms with van der Waals surface area (Å²) in [6, 6.07) is 1.88. The highest BCUT2D eigenvalue weighted by atomic mass is 28.4. The maximum atomic E-state index is 12.1. The van der Waals surface area contributed by atoms with Crippen LogP contribution in [-0.4, -0.2) is 43.1 Å². The first-order valence-electron chi connectivity index (χ1n) is 8.33. The molecule has 1 aliphatic rings. The van der Waals surface area contributed by atoms with E-state index in [4.69, 9.17) is 9.69 Å². The van der Waals surface area contributed by atoms with E-state index < -0.39 is 19.9 Å². The van der Waals surface area contributed by atoms with Crippen molar-refractivity contribution in [2.24, 2.45) is 0 Å². The summed E-state index contributed by atoms with van der Waals surface area (Å²) in [4.78, 5) is 12.1. The molecule has 1 unspecified atom stereocenters. The Morgan fingerprint density at radius 2 is 1.83 bits per heavy atom. The second kappa shape index (κ2) is 6.19. The first-order valence-corrected chi connectivity index (χ1v) is 11.2. The van der Waals surface area contributed by atoms with Gasteiger partial charge in [0.15, 0.2) is 8.32 Å². The molecule has 1 amide bonds. The fraction of sp³-hybridized carbons (Fsp3) is 0.882. The molecule has 0 aromatic rings. The minimum absolute atomic E-state index is 0.0686. The smallest absolute Gasteiger partial charge is 0.258 e. The number of nitrogens with zero attached hydrogens (tertiary/aromatic N) is 2. The fourth-order valence-corrected chi connectivity index (χ4v) is 4.73. The van der Waals surface area contributed by atoms with Crippen LogP contribution in [0.1, 0.15) is 54.4 Å². The monoisotopic (exact) mass is 340 g/mol. The number of amides is 1. The van der Waals surface area contributed by atoms with Crippen molar-refractivity contribution in [1.82, 2.24) is 0 Å². The van der Waals surface area contributed by atoms with Gasteiger partial charge in [-0.3, -0.25) is 4.48 Å². The van der Waals surface area contributed by atoms with Crippen LogP contribution in [0.15, 0.2) is 0 Å². The zero-order chi connectivity index (χ0) is 18.3. The molecule has 5 nitrogen and oxygen atoms in total. The zero-order valence-electron chi connectivity index (χ0n) is 15.9. The SMILES string of the molecule is CC(C)(C)[N+]1(C(=O)[O-])C[C@@H](O[Si](C)(C)C(C)(C)C)C[C@@H]1CC#N. The van der Waals surface area contributed by atoms with E-state index in [1.54, 1.807) is 0 Å². The summed E-state index contributed by atoms with van der Waals surface area (Å²) in [6.45, 7) is 17.0. The minimum atomic E-state index is -1.99. The third kappa shape index (κ3) is 3.62. The molecular weight excluding hydrogens is 308 g/mol. The summed E-state index contributed by atoms with van der Waals surface area (Å²) in [5.41, 5.74) is -0.536. The lowest BCUT2D eigenvalue weighted by molar-refractivity contribution is -0.930. The van der Waals surface area contributed by atoms with Crippen LogP contribution in [0, 0.1) is 11.3 Å². The van der Waals surface area contributed by atoms with E-state index in [0.29, 0.717) is 13.0 Å². The Hall–Kier alpha value is -0.903. The van der Waals surface area contributed by atoms with Crippen molar-refractivity contribution in [3.8, 4) is 6.07 Å². The van der Waals surface area contributed by atoms with Crippen LogP contribution in [0.3, 0.4) is 0 Å². The first kappa shape index (κ1) is 20.1. The predicted molar refractivity (Wildman–Crippen MR) is 91.0 cm³/mol. The molecular formula is C17H32N2O3Si. The van der Waals surface area contributed by atoms with Crippen LogP contribution in [0.5, 0.6) is 0 Å². The van der Waals surface area contributed by atoms with E-state index in [1.807, 2.05) is 20.8 Å². The van der Waals surface area contributed by atoms with Crippen LogP contribution in [0.4, 0.5) is 4.79 Å². The summed E-state index contributed by atoms with van der Waals surface area (Å²) in [5.74, 6) is 0. The molecule has 0 aliphatic carbocycles. The summed E-state index contributed by atoms with van der Waals surface area (Å²) in [7, 11) is -1.99. The van der Waals surface area contributed by atoms with Crippen LogP contribution < -0.4 is 5.11 Å². The zero-order valence-corrected chi connectivity index (χ0v) is 16.9. The molecule has 0 aromatic heterocycles. The lowest BCUT2D eigenvalue weighted by Gasteiger charge is -2.49. The average molecular weight is 341 g/mol. The van der Waals surface area contributed by atoms with Gasteiger partial charge in [0.2, 0.25) is 0 Å². The first-order chi connectivity index (χ1) is 10.2. The van der Waals surface area contributed by atoms with E-state index in [0.717, 1.165) is 0 Å². The van der Waals surface area contributed by atoms with Crippen LogP contribution in [0.25, 0.3) is 0 Å². The number of likely N-dealkylation sites (tertiary alicyclic amines) is 1. The van der Waals surface area contributed by atoms with Crippen molar-refractivity contribution < 1.29 is 18.8 Å². The Bertz CT molecular complexity index is 499. The van der Waals surface area contributed by atoms with Gasteiger partial charge in [-0.2, -0.15) is 5.26 Å². The van der Waals surface area contributed by atoms with Gasteiger partial charge in [0, 0.05) is 6.42 Å². The number of quaternary nitrogens is 1. The summed E-state index contributed by atoms with van der Waals surface area (Å²) < 4.78 is 6.27. The van der Waals surface area contributed by atoms with Gasteiger partial charge in [-0.05, 0) is 38.9 Å². The molecule has 0 radical (unpaired) electrons. The van der Waals surface area contributed by atoms with E-state index in [1.165, 1.54) is 0 Å². The van der Waals surface area contributed by atoms with Crippen molar-refractivity contribution in [1.29, 1.82) is 5.26 Å². The highest BCUT2D eigenvalue weighted by molar-refractivity contribution is 6.74. The topological polar surface area (TPSA) is 73.2 Å². The van der Waals surface area contributed by atoms with Crippen molar-refractivity contribution in [2.45, 2.75) is 90.2 Å². The number of rotatable bonds is 3. The maximum Gasteiger partial charge on any atom is 0.258 e. The fourth-order valence-electron chi connectivity index (χ4n) is 3.37. The van der Waals surface area contributed by atoms with Gasteiger partial charge in [-0.15, -0.1) is 0 Å². The molecule has 23 heavy (non-hydrogen) atoms. The lowest BCUT2D eigenvalue weighted by atomic mass is 9.98. The van der Waals surface area contributed by atoms with Crippen molar-refractivity contribution in [2.75, 3.05) is 6.54 Å². The molecule has 1 fully saturated rings. The molecule has 132 valence electrons. The molecule has 1 saturated heterocycles. The number of nitriles is 1. The molecule has 0 bridgehead atoms. The quantitative estimate of drug-likeness (QED) is 0.585. The molecule has 3 atom stereocenters. The predicted octanol–water partition coefficient (Wildman–Crippen LogP) is 3.02. The van der Waals surface area contributed by atoms with Crippen molar-refractivity contribution in [3.63, 3.8) is 0 Å². The Morgan fingerprint density at radius 1 is 1.30 bits per heavy atom. The number of hydrogen-bond acceptors (Lipinski definition) is 4. The summed E-state index contributed by atoms with van der Waals surface area (Å²) >= 11 is 0. The Kier molecular flexibility index (Phi) is 5.42. The maximum absolute atomic E-state index is 12.1. The van der Waals surface area contributed by atoms with Gasteiger partial charge in [0.05, 0.1) is 18.0 Å². The number of hydrogen-bond donors (Lipinski definition) is 0. The molecule has 1 aliphatic heterocycles. The Labute approximate surface area is 142 Å². The van der Waals surface area contributed by atoms with E-state index in [-0.39, 0.29) is 28.1 Å². The average Bonchev–Trinajstić information content (AvgIpc) is 2.66. The highest BCUT2D eigenvalue weighted by Crippen LogP contribution is 2.43. The number of carbonyl (C=O) groups is 1. The molecule has 0 N–H and O–H groups in total. The number of carbonyl (C=O) groups excluding carboxylic acids is 1. The third-order valence-corrected chi connectivity index (χ3v) is 10.3. The largest absolute Gasteiger partial charge is 0.498 e. The van der Waals surface area contributed by atoms with E-state index in [9.17, 15) is 9.90 Å². The van der Waals surface area contributed by atoms with Crippen LogP contribution in [-0.2, 0) is 4.43 Å². The normalized spacial score (nSPS) is 29.3. The second-order valence-corrected chi connectivity index (χ2v) is 14.0. The molecule has 0 aromatic carbocycles. The minimum Gasteiger partial charge on any atom is -0.498 e. The molecule has 1 heterocycles. The van der Waals surface area contributed by atoms with Gasteiger partial charge in [-0.1, -0.05) is 20.8 Å². The van der Waals surface area contributed by atoms with Crippen molar-refractivity contribution >= 4 is 14.4 Å². The van der Waals surface area contributed by atoms with Gasteiger partial charge >= 0.3 is 0 Å². The van der Waals surface area contributed by atoms with E-state index >= 15 is 0 Å². The number of carboxylic acid groups (broad SMARTS) is 1. The van der Waals surface area contributed by atoms with Gasteiger partial charge in [-0.25, -0.2) is 0 Å². The highest BCUT2D eigenvalue weighted by Gasteiger charge is 2.57. The standard InChI is InChI=1S/C17H32N2O3Si/c1-16(2,3)19(15(20)21)12-14(11-13(19)9-10-18)22-23(7,8)17(4,5)6/h13-14H,9,11-12H2,1-8H3/t13-,14-,19?/m0/s1. The molecule has 0 spiro atoms. The summed E-state index contributed by atoms with van der Waals surface area (Å²) in [6.07, 6.45) is -0.418.